The zero-order chi connectivity index (χ0) is 20.4. The van der Waals surface area contributed by atoms with Gasteiger partial charge in [-0.2, -0.15) is 4.80 Å². The van der Waals surface area contributed by atoms with Gasteiger partial charge >= 0.3 is 0 Å². The minimum Gasteiger partial charge on any atom is -0.494 e. The molecule has 3 aromatic carbocycles. The Balaban J connectivity index is 1.59. The van der Waals surface area contributed by atoms with Crippen molar-refractivity contribution >= 4 is 22.6 Å². The highest BCUT2D eigenvalue weighted by atomic mass is 16.5. The van der Waals surface area contributed by atoms with E-state index in [-0.39, 0.29) is 5.91 Å². The molecule has 6 heteroatoms. The van der Waals surface area contributed by atoms with Gasteiger partial charge in [0.2, 0.25) is 0 Å². The first-order valence-corrected chi connectivity index (χ1v) is 9.52. The second-order valence-corrected chi connectivity index (χ2v) is 6.89. The monoisotopic (exact) mass is 386 g/mol. The molecule has 29 heavy (non-hydrogen) atoms. The molecule has 0 saturated heterocycles. The first kappa shape index (κ1) is 18.7. The quantitative estimate of drug-likeness (QED) is 0.540. The van der Waals surface area contributed by atoms with Crippen LogP contribution in [0.25, 0.3) is 16.7 Å². The van der Waals surface area contributed by atoms with Crippen LogP contribution in [0.2, 0.25) is 0 Å². The van der Waals surface area contributed by atoms with Gasteiger partial charge in [0, 0.05) is 11.3 Å². The molecule has 0 spiro atoms. The molecule has 6 nitrogen and oxygen atoms in total. The third-order valence-corrected chi connectivity index (χ3v) is 4.67. The first-order chi connectivity index (χ1) is 14.0. The summed E-state index contributed by atoms with van der Waals surface area (Å²) in [7, 11) is 0. The summed E-state index contributed by atoms with van der Waals surface area (Å²) < 4.78 is 5.42. The number of fused-ring (bicyclic) bond motifs is 1. The van der Waals surface area contributed by atoms with Crippen LogP contribution in [0.15, 0.2) is 60.7 Å². The van der Waals surface area contributed by atoms with Gasteiger partial charge in [0.25, 0.3) is 5.91 Å². The van der Waals surface area contributed by atoms with Crippen LogP contribution in [0.3, 0.4) is 0 Å². The molecule has 0 atom stereocenters. The number of carbonyl (C=O) groups is 1. The van der Waals surface area contributed by atoms with E-state index in [0.29, 0.717) is 17.9 Å². The number of benzene rings is 3. The maximum Gasteiger partial charge on any atom is 0.255 e. The highest BCUT2D eigenvalue weighted by molar-refractivity contribution is 6.05. The molecule has 0 radical (unpaired) electrons. The van der Waals surface area contributed by atoms with E-state index in [2.05, 4.69) is 15.5 Å². The number of nitrogens with one attached hydrogen (secondary N) is 1. The molecule has 146 valence electrons. The van der Waals surface area contributed by atoms with E-state index in [9.17, 15) is 4.79 Å². The van der Waals surface area contributed by atoms with Gasteiger partial charge < -0.3 is 10.1 Å². The molecule has 0 aliphatic heterocycles. The lowest BCUT2D eigenvalue weighted by Gasteiger charge is -2.09. The van der Waals surface area contributed by atoms with Gasteiger partial charge in [0.1, 0.15) is 16.8 Å². The predicted octanol–water partition coefficient (Wildman–Crippen LogP) is 4.69. The average Bonchev–Trinajstić information content (AvgIpc) is 3.12. The second kappa shape index (κ2) is 7.75. The van der Waals surface area contributed by atoms with E-state index < -0.39 is 0 Å². The summed E-state index contributed by atoms with van der Waals surface area (Å²) in [4.78, 5) is 14.2. The van der Waals surface area contributed by atoms with Crippen molar-refractivity contribution < 1.29 is 9.53 Å². The molecule has 0 aliphatic rings. The number of amides is 1. The molecule has 0 bridgehead atoms. The van der Waals surface area contributed by atoms with E-state index in [4.69, 9.17) is 4.74 Å². The Morgan fingerprint density at radius 3 is 2.28 bits per heavy atom. The van der Waals surface area contributed by atoms with Gasteiger partial charge in [-0.25, -0.2) is 0 Å². The smallest absolute Gasteiger partial charge is 0.255 e. The summed E-state index contributed by atoms with van der Waals surface area (Å²) in [6.45, 7) is 6.50. The van der Waals surface area contributed by atoms with Gasteiger partial charge in [-0.3, -0.25) is 4.79 Å². The van der Waals surface area contributed by atoms with Gasteiger partial charge in [0.15, 0.2) is 0 Å². The zero-order valence-corrected chi connectivity index (χ0v) is 16.6. The summed E-state index contributed by atoms with van der Waals surface area (Å²) in [6.07, 6.45) is 0. The van der Waals surface area contributed by atoms with Crippen LogP contribution in [0.1, 0.15) is 28.4 Å². The van der Waals surface area contributed by atoms with E-state index in [0.717, 1.165) is 28.0 Å². The number of aryl methyl sites for hydroxylation is 2. The number of anilines is 1. The van der Waals surface area contributed by atoms with Crippen LogP contribution >= 0.6 is 0 Å². The topological polar surface area (TPSA) is 69.0 Å². The number of carbonyl (C=O) groups excluding carboxylic acids is 1. The van der Waals surface area contributed by atoms with Crippen molar-refractivity contribution in [3.8, 4) is 11.4 Å². The standard InChI is InChI=1S/C23H22N4O2/c1-4-29-19-11-7-17(8-12-19)23(28)24-20-14-22-21(13-16(20)3)25-27(26-22)18-9-5-15(2)6-10-18/h5-14H,4H2,1-3H3,(H,24,28). The molecule has 4 rings (SSSR count). The molecule has 0 fully saturated rings. The number of nitrogens with zero attached hydrogens (tertiary/aromatic N) is 3. The number of aromatic nitrogens is 3. The molecule has 1 amide bonds. The summed E-state index contributed by atoms with van der Waals surface area (Å²) in [5.74, 6) is 0.566. The Morgan fingerprint density at radius 2 is 1.62 bits per heavy atom. The van der Waals surface area contributed by atoms with Crippen molar-refractivity contribution in [3.05, 3.63) is 77.4 Å². The Hall–Kier alpha value is -3.67. The Bertz CT molecular complexity index is 1160. The summed E-state index contributed by atoms with van der Waals surface area (Å²) in [5, 5.41) is 12.1. The minimum absolute atomic E-state index is 0.179. The van der Waals surface area contributed by atoms with Crippen molar-refractivity contribution in [1.82, 2.24) is 15.0 Å². The molecule has 0 aliphatic carbocycles. The number of hydrogen-bond acceptors (Lipinski definition) is 4. The van der Waals surface area contributed by atoms with Crippen LogP contribution in [-0.4, -0.2) is 27.5 Å². The molecule has 0 unspecified atom stereocenters. The third-order valence-electron chi connectivity index (χ3n) is 4.67. The summed E-state index contributed by atoms with van der Waals surface area (Å²) in [6, 6.07) is 18.9. The Kier molecular flexibility index (Phi) is 4.99. The summed E-state index contributed by atoms with van der Waals surface area (Å²) in [5.41, 5.74) is 5.78. The fourth-order valence-electron chi connectivity index (χ4n) is 3.06. The van der Waals surface area contributed by atoms with Crippen LogP contribution < -0.4 is 10.1 Å². The third kappa shape index (κ3) is 3.96. The van der Waals surface area contributed by atoms with Gasteiger partial charge in [-0.15, -0.1) is 10.2 Å². The molecule has 1 heterocycles. The molecule has 0 saturated carbocycles. The van der Waals surface area contributed by atoms with Crippen LogP contribution in [0, 0.1) is 13.8 Å². The molecular formula is C23H22N4O2. The average molecular weight is 386 g/mol. The lowest BCUT2D eigenvalue weighted by Crippen LogP contribution is -2.12. The minimum atomic E-state index is -0.179. The zero-order valence-electron chi connectivity index (χ0n) is 16.6. The number of hydrogen-bond donors (Lipinski definition) is 1. The van der Waals surface area contributed by atoms with E-state index in [1.807, 2.05) is 57.2 Å². The van der Waals surface area contributed by atoms with E-state index in [1.54, 1.807) is 29.1 Å². The molecular weight excluding hydrogens is 364 g/mol. The van der Waals surface area contributed by atoms with Crippen LogP contribution in [-0.2, 0) is 0 Å². The van der Waals surface area contributed by atoms with Gasteiger partial charge in [-0.1, -0.05) is 17.7 Å². The second-order valence-electron chi connectivity index (χ2n) is 6.89. The fraction of sp³-hybridized carbons (Fsp3) is 0.174. The highest BCUT2D eigenvalue weighted by Gasteiger charge is 2.12. The molecule has 4 aromatic rings. The first-order valence-electron chi connectivity index (χ1n) is 9.52. The molecule has 1 N–H and O–H groups in total. The fourth-order valence-corrected chi connectivity index (χ4v) is 3.06. The van der Waals surface area contributed by atoms with Gasteiger partial charge in [-0.05, 0) is 74.9 Å². The largest absolute Gasteiger partial charge is 0.494 e. The normalized spacial score (nSPS) is 10.9. The number of rotatable bonds is 5. The van der Waals surface area contributed by atoms with Crippen LogP contribution in [0.4, 0.5) is 5.69 Å². The van der Waals surface area contributed by atoms with E-state index >= 15 is 0 Å². The predicted molar refractivity (Wildman–Crippen MR) is 114 cm³/mol. The summed E-state index contributed by atoms with van der Waals surface area (Å²) >= 11 is 0. The maximum absolute atomic E-state index is 12.6. The Morgan fingerprint density at radius 1 is 0.966 bits per heavy atom. The van der Waals surface area contributed by atoms with Crippen molar-refractivity contribution in [2.75, 3.05) is 11.9 Å². The highest BCUT2D eigenvalue weighted by Crippen LogP contribution is 2.23. The number of ether oxygens (including phenoxy) is 1. The molecule has 1 aromatic heterocycles. The van der Waals surface area contributed by atoms with Crippen molar-refractivity contribution in [2.24, 2.45) is 0 Å². The SMILES string of the molecule is CCOc1ccc(C(=O)Nc2cc3nn(-c4ccc(C)cc4)nc3cc2C)cc1. The lowest BCUT2D eigenvalue weighted by molar-refractivity contribution is 0.102. The lowest BCUT2D eigenvalue weighted by atomic mass is 10.1. The Labute approximate surface area is 169 Å². The van der Waals surface area contributed by atoms with Gasteiger partial charge in [0.05, 0.1) is 12.3 Å². The van der Waals surface area contributed by atoms with Crippen molar-refractivity contribution in [1.29, 1.82) is 0 Å². The van der Waals surface area contributed by atoms with Crippen LogP contribution in [0.5, 0.6) is 5.75 Å². The van der Waals surface area contributed by atoms with Crippen molar-refractivity contribution in [3.63, 3.8) is 0 Å². The maximum atomic E-state index is 12.6. The van der Waals surface area contributed by atoms with E-state index in [1.165, 1.54) is 5.56 Å². The van der Waals surface area contributed by atoms with Crippen molar-refractivity contribution in [2.45, 2.75) is 20.8 Å².